The normalized spacial score (nSPS) is 17.8. The van der Waals surface area contributed by atoms with Crippen LogP contribution < -0.4 is 0 Å². The fraction of sp³-hybridized carbons (Fsp3) is 0.467. The van der Waals surface area contributed by atoms with Crippen molar-refractivity contribution >= 4 is 12.3 Å². The maximum absolute atomic E-state index is 11.4. The number of benzene rings is 1. The fourth-order valence-corrected chi connectivity index (χ4v) is 2.07. The first-order chi connectivity index (χ1) is 8.77. The summed E-state index contributed by atoms with van der Waals surface area (Å²) in [6, 6.07) is 10.3. The first kappa shape index (κ1) is 14.4. The van der Waals surface area contributed by atoms with Crippen LogP contribution in [0.1, 0.15) is 31.7 Å². The predicted molar refractivity (Wildman–Crippen MR) is 70.2 cm³/mol. The van der Waals surface area contributed by atoms with Crippen LogP contribution in [0.4, 0.5) is 0 Å². The molecule has 18 heavy (non-hydrogen) atoms. The lowest BCUT2D eigenvalue weighted by Gasteiger charge is -2.06. The zero-order chi connectivity index (χ0) is 13.2. The Balaban J connectivity index is 0.000000280. The molecule has 0 saturated heterocycles. The summed E-state index contributed by atoms with van der Waals surface area (Å²) in [5.74, 6) is 0.770. The molecule has 3 nitrogen and oxygen atoms in total. The maximum atomic E-state index is 11.4. The van der Waals surface area contributed by atoms with E-state index in [9.17, 15) is 9.59 Å². The van der Waals surface area contributed by atoms with Gasteiger partial charge in [-0.3, -0.25) is 9.59 Å². The molecule has 1 unspecified atom stereocenters. The molecule has 0 bridgehead atoms. The standard InChI is InChI=1S/C12H14O.C3H6O2/c13-12-8-4-7-11(12)9-10-5-2-1-3-6-10;1-2-5-3-4/h1-3,5-6,11H,4,7-9H2;3H,2H2,1H3. The second-order valence-corrected chi connectivity index (χ2v) is 4.30. The highest BCUT2D eigenvalue weighted by Crippen LogP contribution is 2.24. The summed E-state index contributed by atoms with van der Waals surface area (Å²) in [5, 5.41) is 0. The van der Waals surface area contributed by atoms with Crippen LogP contribution in [0.3, 0.4) is 0 Å². The van der Waals surface area contributed by atoms with Gasteiger partial charge in [0.25, 0.3) is 6.47 Å². The van der Waals surface area contributed by atoms with Crippen molar-refractivity contribution in [2.24, 2.45) is 5.92 Å². The molecule has 2 rings (SSSR count). The van der Waals surface area contributed by atoms with Crippen molar-refractivity contribution in [3.05, 3.63) is 35.9 Å². The van der Waals surface area contributed by atoms with Gasteiger partial charge in [-0.25, -0.2) is 0 Å². The third-order valence-corrected chi connectivity index (χ3v) is 2.99. The molecule has 1 aliphatic rings. The second kappa shape index (κ2) is 8.45. The minimum atomic E-state index is 0.308. The maximum Gasteiger partial charge on any atom is 0.293 e. The van der Waals surface area contributed by atoms with Gasteiger partial charge in [0.1, 0.15) is 5.78 Å². The van der Waals surface area contributed by atoms with E-state index in [1.54, 1.807) is 6.92 Å². The van der Waals surface area contributed by atoms with Crippen LogP contribution in [0.15, 0.2) is 30.3 Å². The molecule has 1 aromatic rings. The topological polar surface area (TPSA) is 43.4 Å². The SMILES string of the molecule is CCOC=O.O=C1CCCC1Cc1ccccc1. The van der Waals surface area contributed by atoms with Gasteiger partial charge in [-0.15, -0.1) is 0 Å². The molecule has 3 heteroatoms. The van der Waals surface area contributed by atoms with E-state index >= 15 is 0 Å². The van der Waals surface area contributed by atoms with Crippen LogP contribution in [-0.2, 0) is 20.7 Å². The fourth-order valence-electron chi connectivity index (χ4n) is 2.07. The van der Waals surface area contributed by atoms with Crippen molar-refractivity contribution in [3.63, 3.8) is 0 Å². The summed E-state index contributed by atoms with van der Waals surface area (Å²) in [6.07, 6.45) is 3.93. The van der Waals surface area contributed by atoms with Crippen LogP contribution in [0.5, 0.6) is 0 Å². The Morgan fingerprint density at radius 2 is 2.06 bits per heavy atom. The molecule has 1 saturated carbocycles. The second-order valence-electron chi connectivity index (χ2n) is 4.30. The summed E-state index contributed by atoms with van der Waals surface area (Å²) >= 11 is 0. The van der Waals surface area contributed by atoms with Gasteiger partial charge in [-0.2, -0.15) is 0 Å². The molecule has 0 amide bonds. The highest BCUT2D eigenvalue weighted by molar-refractivity contribution is 5.83. The molecule has 1 aromatic carbocycles. The van der Waals surface area contributed by atoms with E-state index in [0.717, 1.165) is 25.7 Å². The Labute approximate surface area is 108 Å². The number of rotatable bonds is 4. The van der Waals surface area contributed by atoms with Crippen LogP contribution >= 0.6 is 0 Å². The largest absolute Gasteiger partial charge is 0.468 e. The van der Waals surface area contributed by atoms with Gasteiger partial charge in [0, 0.05) is 12.3 Å². The Morgan fingerprint density at radius 1 is 1.33 bits per heavy atom. The van der Waals surface area contributed by atoms with Crippen LogP contribution in [-0.4, -0.2) is 18.9 Å². The molecule has 0 aromatic heterocycles. The summed E-state index contributed by atoms with van der Waals surface area (Å²) < 4.78 is 4.15. The number of ketones is 1. The van der Waals surface area contributed by atoms with Gasteiger partial charge in [0.05, 0.1) is 6.61 Å². The molecular weight excluding hydrogens is 228 g/mol. The molecule has 0 radical (unpaired) electrons. The van der Waals surface area contributed by atoms with Crippen molar-refractivity contribution in [1.29, 1.82) is 0 Å². The number of ether oxygens (including phenoxy) is 1. The van der Waals surface area contributed by atoms with Crippen LogP contribution in [0.25, 0.3) is 0 Å². The lowest BCUT2D eigenvalue weighted by molar-refractivity contribution is -0.128. The number of hydrogen-bond acceptors (Lipinski definition) is 3. The first-order valence-corrected chi connectivity index (χ1v) is 6.39. The van der Waals surface area contributed by atoms with Gasteiger partial charge < -0.3 is 4.74 Å². The molecule has 0 spiro atoms. The first-order valence-electron chi connectivity index (χ1n) is 6.39. The quantitative estimate of drug-likeness (QED) is 0.769. The lowest BCUT2D eigenvalue weighted by Crippen LogP contribution is -2.09. The smallest absolute Gasteiger partial charge is 0.293 e. The Bertz CT molecular complexity index is 359. The van der Waals surface area contributed by atoms with Crippen molar-refractivity contribution in [2.75, 3.05) is 6.61 Å². The molecule has 1 fully saturated rings. The summed E-state index contributed by atoms with van der Waals surface area (Å²) in [6.45, 7) is 2.66. The summed E-state index contributed by atoms with van der Waals surface area (Å²) in [5.41, 5.74) is 1.29. The van der Waals surface area contributed by atoms with Gasteiger partial charge in [0.15, 0.2) is 0 Å². The zero-order valence-electron chi connectivity index (χ0n) is 10.8. The molecule has 1 aliphatic carbocycles. The van der Waals surface area contributed by atoms with E-state index in [2.05, 4.69) is 16.9 Å². The molecule has 0 aliphatic heterocycles. The molecule has 1 atom stereocenters. The predicted octanol–water partition coefficient (Wildman–Crippen LogP) is 2.78. The zero-order valence-corrected chi connectivity index (χ0v) is 10.8. The highest BCUT2D eigenvalue weighted by Gasteiger charge is 2.23. The lowest BCUT2D eigenvalue weighted by atomic mass is 9.97. The Hall–Kier alpha value is -1.64. The Kier molecular flexibility index (Phi) is 6.77. The number of hydrogen-bond donors (Lipinski definition) is 0. The van der Waals surface area contributed by atoms with E-state index < -0.39 is 0 Å². The number of carbonyl (C=O) groups is 2. The van der Waals surface area contributed by atoms with Gasteiger partial charge in [0.2, 0.25) is 0 Å². The minimum Gasteiger partial charge on any atom is -0.468 e. The molecular formula is C15H20O3. The van der Waals surface area contributed by atoms with E-state index in [1.807, 2.05) is 18.2 Å². The van der Waals surface area contributed by atoms with E-state index in [1.165, 1.54) is 5.56 Å². The summed E-state index contributed by atoms with van der Waals surface area (Å²) in [7, 11) is 0. The number of carbonyl (C=O) groups excluding carboxylic acids is 2. The van der Waals surface area contributed by atoms with Crippen molar-refractivity contribution < 1.29 is 14.3 Å². The van der Waals surface area contributed by atoms with Crippen LogP contribution in [0, 0.1) is 5.92 Å². The average Bonchev–Trinajstić information content (AvgIpc) is 2.78. The number of Topliss-reactive ketones (excluding diaryl/α,β-unsaturated/α-hetero) is 1. The van der Waals surface area contributed by atoms with Gasteiger partial charge in [-0.1, -0.05) is 30.3 Å². The molecule has 0 N–H and O–H groups in total. The van der Waals surface area contributed by atoms with Crippen LogP contribution in [0.2, 0.25) is 0 Å². The highest BCUT2D eigenvalue weighted by atomic mass is 16.5. The molecule has 0 heterocycles. The van der Waals surface area contributed by atoms with Crippen molar-refractivity contribution in [3.8, 4) is 0 Å². The van der Waals surface area contributed by atoms with Crippen molar-refractivity contribution in [2.45, 2.75) is 32.6 Å². The third-order valence-electron chi connectivity index (χ3n) is 2.99. The Morgan fingerprint density at radius 3 is 2.50 bits per heavy atom. The van der Waals surface area contributed by atoms with E-state index in [-0.39, 0.29) is 0 Å². The van der Waals surface area contributed by atoms with Crippen molar-refractivity contribution in [1.82, 2.24) is 0 Å². The third kappa shape index (κ3) is 5.13. The van der Waals surface area contributed by atoms with E-state index in [4.69, 9.17) is 0 Å². The average molecular weight is 248 g/mol. The van der Waals surface area contributed by atoms with Gasteiger partial charge in [-0.05, 0) is 31.7 Å². The molecule has 98 valence electrons. The minimum absolute atomic E-state index is 0.308. The van der Waals surface area contributed by atoms with Gasteiger partial charge >= 0.3 is 0 Å². The van der Waals surface area contributed by atoms with E-state index in [0.29, 0.717) is 24.8 Å². The monoisotopic (exact) mass is 248 g/mol. The summed E-state index contributed by atoms with van der Waals surface area (Å²) in [4.78, 5) is 20.6.